The van der Waals surface area contributed by atoms with Gasteiger partial charge in [-0.05, 0) is 126 Å². The average Bonchev–Trinajstić information content (AvgIpc) is 3.03. The summed E-state index contributed by atoms with van der Waals surface area (Å²) in [6.07, 6.45) is 7.77. The number of unbranched alkanes of at least 4 members (excludes halogenated alkanes) is 5. The Morgan fingerprint density at radius 1 is 0.808 bits per heavy atom. The summed E-state index contributed by atoms with van der Waals surface area (Å²) in [6, 6.07) is 16.6. The summed E-state index contributed by atoms with van der Waals surface area (Å²) in [5.41, 5.74) is 1.27. The Bertz CT molecular complexity index is 1610. The van der Waals surface area contributed by atoms with Crippen LogP contribution < -0.4 is 14.2 Å². The molecule has 0 aromatic heterocycles. The summed E-state index contributed by atoms with van der Waals surface area (Å²) in [5, 5.41) is 11.8. The van der Waals surface area contributed by atoms with E-state index in [1.165, 1.54) is 18.2 Å². The highest BCUT2D eigenvalue weighted by Crippen LogP contribution is 2.34. The zero-order chi connectivity index (χ0) is 38.5. The molecule has 3 aromatic rings. The monoisotopic (exact) mass is 771 g/mol. The van der Waals surface area contributed by atoms with Crippen molar-refractivity contribution in [1.82, 2.24) is 0 Å². The van der Waals surface area contributed by atoms with Crippen LogP contribution in [0, 0.1) is 15.9 Å². The van der Waals surface area contributed by atoms with Gasteiger partial charge in [-0.1, -0.05) is 57.2 Å². The van der Waals surface area contributed by atoms with E-state index in [1.807, 2.05) is 6.92 Å². The number of hydrogen-bond donors (Lipinski definition) is 0. The predicted octanol–water partition coefficient (Wildman–Crippen LogP) is 11.7. The fourth-order valence-electron chi connectivity index (χ4n) is 6.19. The minimum atomic E-state index is -2.14. The van der Waals surface area contributed by atoms with Crippen LogP contribution in [0.15, 0.2) is 60.7 Å². The van der Waals surface area contributed by atoms with Gasteiger partial charge in [0.1, 0.15) is 5.75 Å². The van der Waals surface area contributed by atoms with Crippen LogP contribution in [-0.4, -0.2) is 48.8 Å². The molecule has 0 N–H and O–H groups in total. The van der Waals surface area contributed by atoms with E-state index in [0.717, 1.165) is 63.5 Å². The zero-order valence-electron chi connectivity index (χ0n) is 32.5. The molecule has 1 atom stereocenters. The second-order valence-corrected chi connectivity index (χ2v) is 28.1. The average molecular weight is 772 g/mol. The highest BCUT2D eigenvalue weighted by Gasteiger charge is 2.37. The Morgan fingerprint density at radius 3 is 2.10 bits per heavy atom. The number of nitrogens with zero attached hydrogens (tertiary/aromatic N) is 1. The molecule has 0 spiro atoms. The second kappa shape index (κ2) is 19.6. The number of rotatable bonds is 22. The molecule has 3 aromatic carbocycles. The molecule has 286 valence electrons. The quantitative estimate of drug-likeness (QED) is 0.0248. The first-order chi connectivity index (χ1) is 24.4. The van der Waals surface area contributed by atoms with Gasteiger partial charge < -0.3 is 22.4 Å². The first-order valence-corrected chi connectivity index (χ1v) is 27.8. The summed E-state index contributed by atoms with van der Waals surface area (Å²) in [5.74, 6) is -0.760. The zero-order valence-corrected chi connectivity index (χ0v) is 35.5. The lowest BCUT2D eigenvalue weighted by atomic mass is 10.0. The van der Waals surface area contributed by atoms with Crippen LogP contribution in [-0.2, 0) is 8.23 Å². The molecule has 9 nitrogen and oxygen atoms in total. The van der Waals surface area contributed by atoms with Gasteiger partial charge in [-0.25, -0.2) is 9.18 Å². The number of nitro groups is 1. The molecule has 0 saturated heterocycles. The number of nitro benzene ring substituents is 1. The van der Waals surface area contributed by atoms with Crippen molar-refractivity contribution in [2.24, 2.45) is 0 Å². The highest BCUT2D eigenvalue weighted by atomic mass is 28.5. The van der Waals surface area contributed by atoms with Crippen LogP contribution in [0.5, 0.6) is 17.2 Å². The van der Waals surface area contributed by atoms with Crippen molar-refractivity contribution in [1.29, 1.82) is 0 Å². The van der Waals surface area contributed by atoms with E-state index in [2.05, 4.69) is 52.8 Å². The summed E-state index contributed by atoms with van der Waals surface area (Å²) < 4.78 is 44.8. The third-order valence-corrected chi connectivity index (χ3v) is 18.4. The van der Waals surface area contributed by atoms with Gasteiger partial charge in [0.2, 0.25) is 0 Å². The van der Waals surface area contributed by atoms with Crippen molar-refractivity contribution in [2.75, 3.05) is 6.61 Å². The van der Waals surface area contributed by atoms with Crippen LogP contribution in [0.4, 0.5) is 10.1 Å². The van der Waals surface area contributed by atoms with Crippen molar-refractivity contribution < 1.29 is 36.5 Å². The normalized spacial score (nSPS) is 12.7. The number of carbonyl (C=O) groups excluding carboxylic acids is 1. The lowest BCUT2D eigenvalue weighted by Gasteiger charge is -2.37. The molecule has 0 aliphatic carbocycles. The van der Waals surface area contributed by atoms with E-state index in [-0.39, 0.29) is 34.6 Å². The van der Waals surface area contributed by atoms with E-state index >= 15 is 0 Å². The Morgan fingerprint density at radius 2 is 1.46 bits per heavy atom. The molecule has 0 saturated carbocycles. The van der Waals surface area contributed by atoms with Gasteiger partial charge in [-0.3, -0.25) is 10.1 Å². The maximum Gasteiger partial charge on any atom is 0.343 e. The van der Waals surface area contributed by atoms with E-state index in [9.17, 15) is 19.3 Å². The molecule has 1 unspecified atom stereocenters. The topological polar surface area (TPSA) is 106 Å². The molecule has 0 aliphatic rings. The van der Waals surface area contributed by atoms with Crippen molar-refractivity contribution in [3.05, 3.63) is 82.2 Å². The lowest BCUT2D eigenvalue weighted by molar-refractivity contribution is -0.386. The van der Waals surface area contributed by atoms with Gasteiger partial charge in [-0.15, -0.1) is 0 Å². The molecule has 13 heteroatoms. The summed E-state index contributed by atoms with van der Waals surface area (Å²) in [7, 11) is -5.61. The van der Waals surface area contributed by atoms with Gasteiger partial charge in [0.15, 0.2) is 34.0 Å². The minimum Gasteiger partial charge on any atom is -0.491 e. The number of benzene rings is 3. The van der Waals surface area contributed by atoms with Crippen LogP contribution in [0.25, 0.3) is 11.1 Å². The number of esters is 1. The van der Waals surface area contributed by atoms with Crippen molar-refractivity contribution >= 4 is 36.9 Å². The van der Waals surface area contributed by atoms with Crippen molar-refractivity contribution in [2.45, 2.75) is 123 Å². The maximum atomic E-state index is 14.8. The fraction of sp³-hybridized carbons (Fsp3) is 0.513. The van der Waals surface area contributed by atoms with E-state index in [0.29, 0.717) is 17.7 Å². The number of hydrogen-bond acceptors (Lipinski definition) is 8. The minimum absolute atomic E-state index is 0.0551. The Labute approximate surface area is 312 Å². The fourth-order valence-corrected chi connectivity index (χ4v) is 19.5. The third-order valence-electron chi connectivity index (χ3n) is 8.27. The summed E-state index contributed by atoms with van der Waals surface area (Å²) in [6.45, 7) is 19.9. The van der Waals surface area contributed by atoms with Crippen LogP contribution in [0.2, 0.25) is 51.9 Å². The highest BCUT2D eigenvalue weighted by molar-refractivity contribution is 6.87. The molecular formula is C39H58FNO8Si3. The van der Waals surface area contributed by atoms with Crippen LogP contribution in [0.1, 0.15) is 75.6 Å². The number of halogens is 1. The van der Waals surface area contributed by atoms with Gasteiger partial charge in [0.05, 0.1) is 23.2 Å². The maximum absolute atomic E-state index is 14.8. The Kier molecular flexibility index (Phi) is 16.2. The van der Waals surface area contributed by atoms with Crippen molar-refractivity contribution in [3.63, 3.8) is 0 Å². The van der Waals surface area contributed by atoms with E-state index in [1.54, 1.807) is 36.4 Å². The van der Waals surface area contributed by atoms with Crippen molar-refractivity contribution in [3.8, 4) is 28.4 Å². The number of carbonyl (C=O) groups is 1. The SMILES string of the molecule is CCCCCC(C)Oc1ccc(-c2ccc(OC(=O)c3ccc(OCCCCCC[Si](C)(C)O[Si](C)(C)O[Si](C)(C)C)c(F)c3)cc2)cc1[N+](=O)[O-]. The second-order valence-electron chi connectivity index (χ2n) is 15.4. The first kappa shape index (κ1) is 43.0. The Balaban J connectivity index is 1.46. The molecular weight excluding hydrogens is 714 g/mol. The Hall–Kier alpha value is -3.37. The molecule has 0 fully saturated rings. The molecule has 0 bridgehead atoms. The largest absolute Gasteiger partial charge is 0.491 e. The van der Waals surface area contributed by atoms with Crippen LogP contribution >= 0.6 is 0 Å². The smallest absolute Gasteiger partial charge is 0.343 e. The first-order valence-electron chi connectivity index (χ1n) is 18.5. The number of ether oxygens (including phenoxy) is 3. The molecule has 0 heterocycles. The lowest BCUT2D eigenvalue weighted by Crippen LogP contribution is -2.51. The molecule has 0 amide bonds. The standard InChI is InChI=1S/C39H58FNO8Si3/c1-10-11-14-17-30(2)46-38-25-20-32(29-36(38)41(43)44)31-18-22-34(23-19-31)47-39(42)33-21-24-37(35(40)28-33)45-26-15-12-13-16-27-51(6,7)49-52(8,9)48-50(3,4)5/h18-25,28-30H,10-17,26-27H2,1-9H3. The van der Waals surface area contributed by atoms with Crippen LogP contribution in [0.3, 0.4) is 0 Å². The van der Waals surface area contributed by atoms with E-state index in [4.69, 9.17) is 22.4 Å². The molecule has 52 heavy (non-hydrogen) atoms. The van der Waals surface area contributed by atoms with Gasteiger partial charge >= 0.3 is 20.2 Å². The predicted molar refractivity (Wildman–Crippen MR) is 213 cm³/mol. The van der Waals surface area contributed by atoms with Gasteiger partial charge in [0.25, 0.3) is 0 Å². The third kappa shape index (κ3) is 14.9. The molecule has 0 aliphatic heterocycles. The van der Waals surface area contributed by atoms with E-state index < -0.39 is 41.9 Å². The molecule has 3 rings (SSSR count). The molecule has 0 radical (unpaired) electrons. The summed E-state index contributed by atoms with van der Waals surface area (Å²) >= 11 is 0. The van der Waals surface area contributed by atoms with Gasteiger partial charge in [0, 0.05) is 6.07 Å². The summed E-state index contributed by atoms with van der Waals surface area (Å²) in [4.78, 5) is 24.2. The van der Waals surface area contributed by atoms with Gasteiger partial charge in [-0.2, -0.15) is 0 Å².